The Morgan fingerprint density at radius 1 is 1.14 bits per heavy atom. The van der Waals surface area contributed by atoms with Gasteiger partial charge in [0.25, 0.3) is 0 Å². The van der Waals surface area contributed by atoms with Gasteiger partial charge in [-0.25, -0.2) is 4.79 Å². The molecule has 3 N–H and O–H groups in total. The minimum Gasteiger partial charge on any atom is -0.492 e. The summed E-state index contributed by atoms with van der Waals surface area (Å²) >= 11 is 2.03. The number of thioether (sulfide) groups is 1. The number of nitrogens with one attached hydrogen (secondary N) is 1. The number of fused-ring (bicyclic) bond motifs is 1. The van der Waals surface area contributed by atoms with Crippen molar-refractivity contribution in [3.05, 3.63) is 42.5 Å². The summed E-state index contributed by atoms with van der Waals surface area (Å²) in [6.07, 6.45) is 2.91. The summed E-state index contributed by atoms with van der Waals surface area (Å²) in [6, 6.07) is 14.5. The summed E-state index contributed by atoms with van der Waals surface area (Å²) < 4.78 is 13.8. The fraction of sp³-hybridized carbons (Fsp3) is 0.464. The summed E-state index contributed by atoms with van der Waals surface area (Å²) in [4.78, 5) is 14.4. The highest BCUT2D eigenvalue weighted by atomic mass is 32.2. The van der Waals surface area contributed by atoms with Crippen LogP contribution in [-0.2, 0) is 4.74 Å². The van der Waals surface area contributed by atoms with E-state index in [0.717, 1.165) is 66.1 Å². The second-order valence-corrected chi connectivity index (χ2v) is 11.1. The van der Waals surface area contributed by atoms with Crippen molar-refractivity contribution in [3.8, 4) is 17.0 Å². The number of nitrogens with two attached hydrogens (primary N) is 1. The van der Waals surface area contributed by atoms with Crippen LogP contribution in [0, 0.1) is 0 Å². The van der Waals surface area contributed by atoms with Gasteiger partial charge in [-0.05, 0) is 57.4 Å². The number of hydrogen-bond donors (Lipinski definition) is 2. The molecule has 1 aliphatic heterocycles. The number of aromatic nitrogens is 1. The molecular formula is C28H36N4O3S. The van der Waals surface area contributed by atoms with Crippen LogP contribution in [0.25, 0.3) is 22.2 Å². The van der Waals surface area contributed by atoms with Crippen LogP contribution < -0.4 is 15.8 Å². The molecule has 1 saturated heterocycles. The van der Waals surface area contributed by atoms with Gasteiger partial charge in [-0.3, -0.25) is 10.2 Å². The molecule has 192 valence electrons. The summed E-state index contributed by atoms with van der Waals surface area (Å²) in [5.74, 6) is 3.31. The highest BCUT2D eigenvalue weighted by Crippen LogP contribution is 2.44. The number of amides is 1. The van der Waals surface area contributed by atoms with Crippen LogP contribution in [0.4, 0.5) is 16.2 Å². The molecule has 2 aliphatic rings. The first kappa shape index (κ1) is 24.8. The van der Waals surface area contributed by atoms with Crippen LogP contribution in [-0.4, -0.2) is 59.4 Å². The molecule has 5 rings (SSSR count). The van der Waals surface area contributed by atoms with Crippen LogP contribution in [0.5, 0.6) is 5.75 Å². The van der Waals surface area contributed by atoms with Crippen LogP contribution in [0.15, 0.2) is 42.5 Å². The lowest BCUT2D eigenvalue weighted by Crippen LogP contribution is -2.35. The van der Waals surface area contributed by atoms with Gasteiger partial charge in [0, 0.05) is 59.9 Å². The monoisotopic (exact) mass is 508 g/mol. The Hall–Kier alpha value is -2.84. The second kappa shape index (κ2) is 11.0. The molecule has 7 nitrogen and oxygen atoms in total. The van der Waals surface area contributed by atoms with Crippen LogP contribution >= 0.6 is 11.8 Å². The molecule has 0 atom stereocenters. The van der Waals surface area contributed by atoms with Gasteiger partial charge in [0.1, 0.15) is 12.4 Å². The van der Waals surface area contributed by atoms with E-state index >= 15 is 0 Å². The van der Waals surface area contributed by atoms with Crippen molar-refractivity contribution in [2.24, 2.45) is 0 Å². The fourth-order valence-electron chi connectivity index (χ4n) is 4.92. The zero-order chi connectivity index (χ0) is 25.1. The summed E-state index contributed by atoms with van der Waals surface area (Å²) in [7, 11) is 0. The average Bonchev–Trinajstić information content (AvgIpc) is 3.10. The molecule has 3 aromatic rings. The first-order valence-corrected chi connectivity index (χ1v) is 14.1. The summed E-state index contributed by atoms with van der Waals surface area (Å²) in [5.41, 5.74) is 11.4. The van der Waals surface area contributed by atoms with Crippen molar-refractivity contribution in [2.45, 2.75) is 45.3 Å². The minimum atomic E-state index is -0.451. The maximum absolute atomic E-state index is 12.0. The van der Waals surface area contributed by atoms with E-state index in [-0.39, 0.29) is 6.10 Å². The Balaban J connectivity index is 1.39. The Morgan fingerprint density at radius 3 is 2.56 bits per heavy atom. The third kappa shape index (κ3) is 5.44. The second-order valence-electron chi connectivity index (χ2n) is 9.85. The number of benzene rings is 2. The Kier molecular flexibility index (Phi) is 7.62. The summed E-state index contributed by atoms with van der Waals surface area (Å²) in [5, 5.41) is 3.84. The van der Waals surface area contributed by atoms with Crippen molar-refractivity contribution < 1.29 is 14.3 Å². The quantitative estimate of drug-likeness (QED) is 0.388. The molecule has 0 bridgehead atoms. The lowest BCUT2D eigenvalue weighted by Gasteiger charge is -2.30. The molecule has 8 heteroatoms. The highest BCUT2D eigenvalue weighted by Gasteiger charge is 2.27. The molecule has 1 aromatic heterocycles. The highest BCUT2D eigenvalue weighted by molar-refractivity contribution is 7.99. The zero-order valence-corrected chi connectivity index (χ0v) is 22.0. The lowest BCUT2D eigenvalue weighted by atomic mass is 9.92. The van der Waals surface area contributed by atoms with Crippen molar-refractivity contribution in [1.29, 1.82) is 0 Å². The molecular weight excluding hydrogens is 472 g/mol. The normalized spacial score (nSPS) is 16.8. The van der Waals surface area contributed by atoms with Gasteiger partial charge in [-0.1, -0.05) is 12.1 Å². The molecule has 2 fully saturated rings. The number of carbonyl (C=O) groups excluding carboxylic acids is 1. The molecule has 36 heavy (non-hydrogen) atoms. The standard InChI is InChI=1S/C28H36N4O3S/c1-19(2)35-28(33)30-21-8-6-20(7-9-21)27-26(29)24-11-10-23(18-25(24)32(27)22-4-3-5-22)34-15-12-31-13-16-36-17-14-31/h6-11,18-19,22H,3-5,12-17,29H2,1-2H3,(H,30,33). The van der Waals surface area contributed by atoms with Crippen LogP contribution in [0.2, 0.25) is 0 Å². The van der Waals surface area contributed by atoms with Gasteiger partial charge in [0.2, 0.25) is 0 Å². The van der Waals surface area contributed by atoms with E-state index in [1.165, 1.54) is 17.9 Å². The van der Waals surface area contributed by atoms with Gasteiger partial charge < -0.3 is 19.8 Å². The number of rotatable bonds is 8. The largest absolute Gasteiger partial charge is 0.492 e. The summed E-state index contributed by atoms with van der Waals surface area (Å²) in [6.45, 7) is 7.59. The zero-order valence-electron chi connectivity index (χ0n) is 21.2. The third-order valence-electron chi connectivity index (χ3n) is 6.98. The Labute approximate surface area is 217 Å². The van der Waals surface area contributed by atoms with E-state index < -0.39 is 6.09 Å². The van der Waals surface area contributed by atoms with Crippen LogP contribution in [0.1, 0.15) is 39.2 Å². The number of nitrogens with zero attached hydrogens (tertiary/aromatic N) is 2. The van der Waals surface area contributed by atoms with Gasteiger partial charge >= 0.3 is 6.09 Å². The number of ether oxygens (including phenoxy) is 2. The molecule has 1 saturated carbocycles. The van der Waals surface area contributed by atoms with E-state index in [9.17, 15) is 4.79 Å². The van der Waals surface area contributed by atoms with Crippen LogP contribution in [0.3, 0.4) is 0 Å². The Morgan fingerprint density at radius 2 is 1.89 bits per heavy atom. The molecule has 0 unspecified atom stereocenters. The van der Waals surface area contributed by atoms with E-state index in [4.69, 9.17) is 15.2 Å². The SMILES string of the molecule is CC(C)OC(=O)Nc1ccc(-c2c(N)c3ccc(OCCN4CCSCC4)cc3n2C2CCC2)cc1. The predicted octanol–water partition coefficient (Wildman–Crippen LogP) is 6.00. The first-order valence-electron chi connectivity index (χ1n) is 12.9. The van der Waals surface area contributed by atoms with Crippen molar-refractivity contribution >= 4 is 40.1 Å². The van der Waals surface area contributed by atoms with Gasteiger partial charge in [-0.2, -0.15) is 11.8 Å². The van der Waals surface area contributed by atoms with Crippen molar-refractivity contribution in [1.82, 2.24) is 9.47 Å². The third-order valence-corrected chi connectivity index (χ3v) is 7.92. The van der Waals surface area contributed by atoms with Crippen molar-refractivity contribution in [2.75, 3.05) is 48.8 Å². The number of nitrogen functional groups attached to an aromatic ring is 1. The van der Waals surface area contributed by atoms with Gasteiger partial charge in [0.05, 0.1) is 23.0 Å². The maximum Gasteiger partial charge on any atom is 0.411 e. The number of hydrogen-bond acceptors (Lipinski definition) is 6. The van der Waals surface area contributed by atoms with E-state index in [0.29, 0.717) is 18.3 Å². The fourth-order valence-corrected chi connectivity index (χ4v) is 5.89. The molecule has 0 radical (unpaired) electrons. The van der Waals surface area contributed by atoms with Gasteiger partial charge in [-0.15, -0.1) is 0 Å². The van der Waals surface area contributed by atoms with E-state index in [1.807, 2.05) is 55.9 Å². The lowest BCUT2D eigenvalue weighted by molar-refractivity contribution is 0.130. The van der Waals surface area contributed by atoms with Crippen molar-refractivity contribution in [3.63, 3.8) is 0 Å². The molecule has 2 aromatic carbocycles. The Bertz CT molecular complexity index is 1200. The minimum absolute atomic E-state index is 0.167. The molecule has 1 aliphatic carbocycles. The topological polar surface area (TPSA) is 81.8 Å². The maximum atomic E-state index is 12.0. The number of anilines is 2. The predicted molar refractivity (Wildman–Crippen MR) is 149 cm³/mol. The molecule has 1 amide bonds. The number of carbonyl (C=O) groups is 1. The van der Waals surface area contributed by atoms with E-state index in [1.54, 1.807) is 0 Å². The average molecular weight is 509 g/mol. The molecule has 2 heterocycles. The smallest absolute Gasteiger partial charge is 0.411 e. The van der Waals surface area contributed by atoms with Gasteiger partial charge in [0.15, 0.2) is 0 Å². The van der Waals surface area contributed by atoms with E-state index in [2.05, 4.69) is 26.9 Å². The first-order chi connectivity index (χ1) is 17.5. The molecule has 0 spiro atoms.